The average molecular weight is 142 g/mol. The summed E-state index contributed by atoms with van der Waals surface area (Å²) in [5.74, 6) is 0. The number of halogens is 1. The Hall–Kier alpha value is -0.740. The maximum absolute atomic E-state index is 7.51. The molecule has 0 aliphatic heterocycles. The Morgan fingerprint density at radius 1 is 1.89 bits per heavy atom. The lowest BCUT2D eigenvalue weighted by Crippen LogP contribution is -1.81. The zero-order valence-corrected chi connectivity index (χ0v) is 5.86. The zero-order valence-electron chi connectivity index (χ0n) is 5.10. The summed E-state index contributed by atoms with van der Waals surface area (Å²) in [4.78, 5) is 0. The lowest BCUT2D eigenvalue weighted by Gasteiger charge is -2.02. The van der Waals surface area contributed by atoms with Gasteiger partial charge in [0.15, 0.2) is 0 Å². The molecule has 0 amide bonds. The second-order valence-electron chi connectivity index (χ2n) is 1.52. The molecule has 0 aromatic rings. The molecule has 0 atom stereocenters. The molecule has 0 saturated heterocycles. The van der Waals surface area contributed by atoms with Gasteiger partial charge in [-0.2, -0.15) is 5.26 Å². The van der Waals surface area contributed by atoms with Crippen LogP contribution < -0.4 is 0 Å². The molecule has 0 fully saturated rings. The molecule has 1 aliphatic rings. The smallest absolute Gasteiger partial charge is 0.0905 e. The van der Waals surface area contributed by atoms with Crippen molar-refractivity contribution >= 4 is 11.6 Å². The van der Waals surface area contributed by atoms with E-state index in [4.69, 9.17) is 16.9 Å². The van der Waals surface area contributed by atoms with Gasteiger partial charge < -0.3 is 0 Å². The molecule has 0 spiro atoms. The summed E-state index contributed by atoms with van der Waals surface area (Å²) in [6, 6.07) is 1.69. The lowest BCUT2D eigenvalue weighted by molar-refractivity contribution is 0.937. The van der Waals surface area contributed by atoms with E-state index in [9.17, 15) is 0 Å². The summed E-state index contributed by atoms with van der Waals surface area (Å²) >= 11 is 5.41. The van der Waals surface area contributed by atoms with E-state index in [0.717, 1.165) is 11.5 Å². The van der Waals surface area contributed by atoms with Crippen LogP contribution in [0.5, 0.6) is 0 Å². The van der Waals surface area contributed by atoms with Crippen molar-refractivity contribution in [3.63, 3.8) is 0 Å². The van der Waals surface area contributed by atoms with Gasteiger partial charge in [-0.25, -0.2) is 0 Å². The van der Waals surface area contributed by atoms with Crippen LogP contribution in [0.15, 0.2) is 23.8 Å². The number of hydrogen-bond donors (Lipinski definition) is 0. The molecule has 0 saturated carbocycles. The lowest BCUT2D eigenvalue weighted by atomic mass is 10.1. The molecule has 0 heterocycles. The van der Waals surface area contributed by atoms with Gasteiger partial charge in [-0.05, 0) is 12.8 Å². The van der Waals surface area contributed by atoms with Crippen LogP contribution in [0.25, 0.3) is 0 Å². The first-order chi connectivity index (χ1) is 4.31. The first-order valence-electron chi connectivity index (χ1n) is 2.66. The standard InChI is InChI=1S/C4H5Cl.C3H3N/c5-4-2-1-3-4;1-2-3-4/h2H,1,3H2;2H,1H2. The van der Waals surface area contributed by atoms with Crippen molar-refractivity contribution < 1.29 is 0 Å². The van der Waals surface area contributed by atoms with E-state index < -0.39 is 0 Å². The molecule has 0 radical (unpaired) electrons. The minimum absolute atomic E-state index is 1.03. The molecule has 1 aliphatic carbocycles. The highest BCUT2D eigenvalue weighted by Gasteiger charge is 1.97. The molecular weight excluding hydrogens is 134 g/mol. The molecule has 0 aromatic heterocycles. The molecule has 0 aromatic carbocycles. The second-order valence-corrected chi connectivity index (χ2v) is 2.01. The van der Waals surface area contributed by atoms with Crippen LogP contribution in [0.3, 0.4) is 0 Å². The van der Waals surface area contributed by atoms with E-state index in [-0.39, 0.29) is 0 Å². The van der Waals surface area contributed by atoms with Gasteiger partial charge >= 0.3 is 0 Å². The molecule has 9 heavy (non-hydrogen) atoms. The minimum atomic E-state index is 1.03. The van der Waals surface area contributed by atoms with Gasteiger partial charge in [0.1, 0.15) is 0 Å². The maximum atomic E-state index is 7.51. The largest absolute Gasteiger partial charge is 0.193 e. The third-order valence-corrected chi connectivity index (χ3v) is 1.18. The molecule has 0 bridgehead atoms. The first-order valence-corrected chi connectivity index (χ1v) is 3.04. The zero-order chi connectivity index (χ0) is 7.11. The molecule has 1 rings (SSSR count). The quantitative estimate of drug-likeness (QED) is 0.476. The number of nitriles is 1. The molecule has 48 valence electrons. The van der Waals surface area contributed by atoms with E-state index >= 15 is 0 Å². The van der Waals surface area contributed by atoms with Gasteiger partial charge in [0, 0.05) is 11.1 Å². The van der Waals surface area contributed by atoms with Crippen molar-refractivity contribution in [2.24, 2.45) is 0 Å². The Kier molecular flexibility index (Phi) is 4.95. The molecular formula is C7H8ClN. The van der Waals surface area contributed by atoms with Gasteiger partial charge in [0.25, 0.3) is 0 Å². The molecule has 0 unspecified atom stereocenters. The normalized spacial score (nSPS) is 13.1. The summed E-state index contributed by atoms with van der Waals surface area (Å²) in [5, 5.41) is 8.54. The van der Waals surface area contributed by atoms with E-state index in [1.54, 1.807) is 6.07 Å². The SMILES string of the molecule is C=CC#N.ClC1=CCC1. The Bertz CT molecular complexity index is 153. The summed E-state index contributed by atoms with van der Waals surface area (Å²) in [5.41, 5.74) is 0. The average Bonchev–Trinajstić information content (AvgIpc) is 1.84. The molecule has 1 nitrogen and oxygen atoms in total. The summed E-state index contributed by atoms with van der Waals surface area (Å²) < 4.78 is 0. The molecule has 2 heteroatoms. The molecule has 0 N–H and O–H groups in total. The monoisotopic (exact) mass is 141 g/mol. The van der Waals surface area contributed by atoms with Crippen LogP contribution in [0.2, 0.25) is 0 Å². The highest BCUT2D eigenvalue weighted by atomic mass is 35.5. The summed E-state index contributed by atoms with van der Waals surface area (Å²) in [7, 11) is 0. The number of rotatable bonds is 0. The van der Waals surface area contributed by atoms with Crippen LogP contribution in [-0.4, -0.2) is 0 Å². The van der Waals surface area contributed by atoms with Crippen LogP contribution in [0.4, 0.5) is 0 Å². The fraction of sp³-hybridized carbons (Fsp3) is 0.286. The first kappa shape index (κ1) is 8.26. The van der Waals surface area contributed by atoms with Crippen LogP contribution in [0.1, 0.15) is 12.8 Å². The number of allylic oxidation sites excluding steroid dienone is 3. The maximum Gasteiger partial charge on any atom is 0.0905 e. The van der Waals surface area contributed by atoms with Gasteiger partial charge in [0.2, 0.25) is 0 Å². The van der Waals surface area contributed by atoms with Crippen molar-refractivity contribution in [3.05, 3.63) is 23.8 Å². The fourth-order valence-corrected chi connectivity index (χ4v) is 0.472. The van der Waals surface area contributed by atoms with Crippen molar-refractivity contribution in [1.82, 2.24) is 0 Å². The Labute approximate surface area is 60.2 Å². The Morgan fingerprint density at radius 2 is 2.22 bits per heavy atom. The fourth-order valence-electron chi connectivity index (χ4n) is 0.253. The van der Waals surface area contributed by atoms with E-state index in [1.165, 1.54) is 12.5 Å². The van der Waals surface area contributed by atoms with Crippen molar-refractivity contribution in [1.29, 1.82) is 5.26 Å². The Morgan fingerprint density at radius 3 is 2.22 bits per heavy atom. The van der Waals surface area contributed by atoms with Crippen LogP contribution >= 0.6 is 11.6 Å². The summed E-state index contributed by atoms with van der Waals surface area (Å²) in [6.07, 6.45) is 5.52. The van der Waals surface area contributed by atoms with E-state index in [0.29, 0.717) is 0 Å². The van der Waals surface area contributed by atoms with E-state index in [2.05, 4.69) is 6.58 Å². The van der Waals surface area contributed by atoms with E-state index in [1.807, 2.05) is 6.08 Å². The second kappa shape index (κ2) is 5.40. The highest BCUT2D eigenvalue weighted by Crippen LogP contribution is 2.20. The topological polar surface area (TPSA) is 23.8 Å². The third-order valence-electron chi connectivity index (χ3n) is 0.840. The number of nitrogens with zero attached hydrogens (tertiary/aromatic N) is 1. The number of hydrogen-bond acceptors (Lipinski definition) is 1. The van der Waals surface area contributed by atoms with Crippen molar-refractivity contribution in [3.8, 4) is 6.07 Å². The third kappa shape index (κ3) is 5.13. The predicted octanol–water partition coefficient (Wildman–Crippen LogP) is 2.60. The predicted molar refractivity (Wildman–Crippen MR) is 39.0 cm³/mol. The van der Waals surface area contributed by atoms with Crippen LogP contribution in [0, 0.1) is 11.3 Å². The van der Waals surface area contributed by atoms with Crippen molar-refractivity contribution in [2.75, 3.05) is 0 Å². The van der Waals surface area contributed by atoms with Crippen LogP contribution in [-0.2, 0) is 0 Å². The van der Waals surface area contributed by atoms with Gasteiger partial charge in [-0.1, -0.05) is 24.3 Å². The summed E-state index contributed by atoms with van der Waals surface area (Å²) in [6.45, 7) is 3.12. The van der Waals surface area contributed by atoms with Gasteiger partial charge in [0.05, 0.1) is 6.07 Å². The minimum Gasteiger partial charge on any atom is -0.193 e. The highest BCUT2D eigenvalue weighted by molar-refractivity contribution is 6.30. The van der Waals surface area contributed by atoms with Gasteiger partial charge in [-0.15, -0.1) is 0 Å². The Balaban J connectivity index is 0.000000148. The van der Waals surface area contributed by atoms with Gasteiger partial charge in [-0.3, -0.25) is 0 Å². The van der Waals surface area contributed by atoms with Crippen molar-refractivity contribution in [2.45, 2.75) is 12.8 Å².